The van der Waals surface area contributed by atoms with Crippen molar-refractivity contribution in [2.75, 3.05) is 39.5 Å². The summed E-state index contributed by atoms with van der Waals surface area (Å²) in [6, 6.07) is 4.28. The number of hydrogen-bond acceptors (Lipinski definition) is 6. The summed E-state index contributed by atoms with van der Waals surface area (Å²) in [4.78, 5) is 15.0. The van der Waals surface area contributed by atoms with Crippen molar-refractivity contribution in [3.05, 3.63) is 29.3 Å². The minimum atomic E-state index is -0.768. The fourth-order valence-corrected chi connectivity index (χ4v) is 5.72. The van der Waals surface area contributed by atoms with Gasteiger partial charge in [0.05, 0.1) is 38.0 Å². The van der Waals surface area contributed by atoms with Crippen LogP contribution in [-0.4, -0.2) is 68.5 Å². The van der Waals surface area contributed by atoms with Gasteiger partial charge in [-0.3, -0.25) is 4.79 Å². The third-order valence-electron chi connectivity index (χ3n) is 7.79. The Kier molecular flexibility index (Phi) is 6.74. The maximum atomic E-state index is 14.7. The van der Waals surface area contributed by atoms with E-state index in [9.17, 15) is 18.8 Å². The molecule has 1 aliphatic carbocycles. The van der Waals surface area contributed by atoms with Crippen molar-refractivity contribution in [2.24, 2.45) is 5.41 Å². The lowest BCUT2D eigenvalue weighted by molar-refractivity contribution is -0.141. The number of nitriles is 1. The Bertz CT molecular complexity index is 956. The standard InChI is InChI=1S/C25H31F2N3O4/c26-17-8-19-16-3-5-18(6-4-16)33-10-22-21(29-13-25(12-28)14-32-15-25)2-1-7-30(22)23(31)11-34-24(19)20(27)9-17/h8-9,16,18,21-22,29H,1-7,10-11,13-15H2/t16?,18?,21-,22-/m0/s1. The maximum Gasteiger partial charge on any atom is 0.260 e. The summed E-state index contributed by atoms with van der Waals surface area (Å²) in [5, 5.41) is 13.1. The molecule has 1 aromatic carbocycles. The Morgan fingerprint density at radius 2 is 1.97 bits per heavy atom. The molecule has 6 rings (SSSR count). The normalized spacial score (nSPS) is 31.0. The van der Waals surface area contributed by atoms with E-state index in [0.717, 1.165) is 44.6 Å². The summed E-state index contributed by atoms with van der Waals surface area (Å²) in [6.07, 6.45) is 4.79. The molecular formula is C25H31F2N3O4. The van der Waals surface area contributed by atoms with Crippen molar-refractivity contribution in [1.29, 1.82) is 5.26 Å². The van der Waals surface area contributed by atoms with E-state index >= 15 is 0 Å². The fraction of sp³-hybridized carbons (Fsp3) is 0.680. The summed E-state index contributed by atoms with van der Waals surface area (Å²) in [6.45, 7) is 1.96. The summed E-state index contributed by atoms with van der Waals surface area (Å²) in [7, 11) is 0. The van der Waals surface area contributed by atoms with Crippen molar-refractivity contribution >= 4 is 5.91 Å². The Hall–Kier alpha value is -2.28. The van der Waals surface area contributed by atoms with Crippen LogP contribution in [0.1, 0.15) is 50.0 Å². The molecule has 4 aliphatic heterocycles. The highest BCUT2D eigenvalue weighted by atomic mass is 19.1. The topological polar surface area (TPSA) is 83.8 Å². The number of ether oxygens (including phenoxy) is 3. The lowest BCUT2D eigenvalue weighted by Gasteiger charge is -2.44. The molecule has 1 N–H and O–H groups in total. The molecule has 9 heteroatoms. The Morgan fingerprint density at radius 3 is 2.68 bits per heavy atom. The second kappa shape index (κ2) is 9.76. The van der Waals surface area contributed by atoms with Crippen LogP contribution in [0.15, 0.2) is 12.1 Å². The zero-order valence-electron chi connectivity index (χ0n) is 19.2. The molecule has 1 saturated carbocycles. The Balaban J connectivity index is 1.38. The van der Waals surface area contributed by atoms with Crippen molar-refractivity contribution in [1.82, 2.24) is 10.2 Å². The predicted octanol–water partition coefficient (Wildman–Crippen LogP) is 2.89. The van der Waals surface area contributed by atoms with Crippen LogP contribution < -0.4 is 10.1 Å². The SMILES string of the molecule is N#CC1(CN[C@H]2CCCN3C(=O)COc4c(F)cc(F)cc4C4CCC(CC4)OC[C@@H]23)COC1. The molecule has 2 atom stereocenters. The molecule has 7 nitrogen and oxygen atoms in total. The smallest absolute Gasteiger partial charge is 0.260 e. The van der Waals surface area contributed by atoms with E-state index < -0.39 is 17.0 Å². The van der Waals surface area contributed by atoms with Gasteiger partial charge in [-0.15, -0.1) is 0 Å². The molecule has 5 aliphatic rings. The quantitative estimate of drug-likeness (QED) is 0.724. The molecule has 0 radical (unpaired) electrons. The number of hydrogen-bond donors (Lipinski definition) is 1. The highest BCUT2D eigenvalue weighted by Gasteiger charge is 2.42. The summed E-state index contributed by atoms with van der Waals surface area (Å²) in [5.41, 5.74) is -0.0173. The first-order valence-electron chi connectivity index (χ1n) is 12.2. The number of nitrogens with one attached hydrogen (secondary N) is 1. The van der Waals surface area contributed by atoms with Crippen LogP contribution in [0.5, 0.6) is 5.75 Å². The van der Waals surface area contributed by atoms with Crippen LogP contribution in [0.25, 0.3) is 0 Å². The molecule has 0 unspecified atom stereocenters. The first kappa shape index (κ1) is 23.5. The van der Waals surface area contributed by atoms with Gasteiger partial charge < -0.3 is 24.4 Å². The van der Waals surface area contributed by atoms with Crippen molar-refractivity contribution in [2.45, 2.75) is 62.6 Å². The van der Waals surface area contributed by atoms with E-state index in [-0.39, 0.29) is 42.4 Å². The molecule has 1 amide bonds. The largest absolute Gasteiger partial charge is 0.480 e. The van der Waals surface area contributed by atoms with Crippen LogP contribution in [-0.2, 0) is 14.3 Å². The van der Waals surface area contributed by atoms with Crippen LogP contribution in [0.2, 0.25) is 0 Å². The average Bonchev–Trinajstić information content (AvgIpc) is 2.82. The van der Waals surface area contributed by atoms with Gasteiger partial charge in [0, 0.05) is 30.8 Å². The molecule has 1 aromatic rings. The van der Waals surface area contributed by atoms with E-state index in [1.165, 1.54) is 6.07 Å². The minimum absolute atomic E-state index is 0.0115. The van der Waals surface area contributed by atoms with Crippen LogP contribution >= 0.6 is 0 Å². The van der Waals surface area contributed by atoms with Crippen molar-refractivity contribution in [3.8, 4) is 11.8 Å². The van der Waals surface area contributed by atoms with E-state index in [4.69, 9.17) is 14.2 Å². The van der Waals surface area contributed by atoms with Crippen LogP contribution in [0.3, 0.4) is 0 Å². The van der Waals surface area contributed by atoms with Gasteiger partial charge in [0.25, 0.3) is 5.91 Å². The highest BCUT2D eigenvalue weighted by molar-refractivity contribution is 5.78. The molecule has 0 spiro atoms. The summed E-state index contributed by atoms with van der Waals surface area (Å²) in [5.74, 6) is -1.69. The van der Waals surface area contributed by atoms with E-state index in [0.29, 0.717) is 38.5 Å². The van der Waals surface area contributed by atoms with Gasteiger partial charge in [0.1, 0.15) is 11.2 Å². The average molecular weight is 476 g/mol. The summed E-state index contributed by atoms with van der Waals surface area (Å²) >= 11 is 0. The van der Waals surface area contributed by atoms with Gasteiger partial charge >= 0.3 is 0 Å². The molecule has 0 aromatic heterocycles. The molecule has 3 fully saturated rings. The highest BCUT2D eigenvalue weighted by Crippen LogP contribution is 2.40. The lowest BCUT2D eigenvalue weighted by atomic mass is 9.82. The number of carbonyl (C=O) groups is 1. The number of carbonyl (C=O) groups excluding carboxylic acids is 1. The van der Waals surface area contributed by atoms with Gasteiger partial charge in [0.2, 0.25) is 0 Å². The fourth-order valence-electron chi connectivity index (χ4n) is 5.72. The number of amides is 1. The maximum absolute atomic E-state index is 14.7. The minimum Gasteiger partial charge on any atom is -0.480 e. The second-order valence-corrected chi connectivity index (χ2v) is 10.1. The predicted molar refractivity (Wildman–Crippen MR) is 118 cm³/mol. The van der Waals surface area contributed by atoms with Gasteiger partial charge in [-0.25, -0.2) is 8.78 Å². The number of nitrogens with zero attached hydrogens (tertiary/aromatic N) is 2. The Labute approximate surface area is 198 Å². The number of benzene rings is 1. The van der Waals surface area contributed by atoms with E-state index in [1.807, 2.05) is 0 Å². The van der Waals surface area contributed by atoms with Crippen LogP contribution in [0, 0.1) is 28.4 Å². The number of fused-ring (bicyclic) bond motifs is 5. The number of rotatable bonds is 3. The zero-order chi connectivity index (χ0) is 23.7. The molecule has 2 bridgehead atoms. The third-order valence-corrected chi connectivity index (χ3v) is 7.79. The Morgan fingerprint density at radius 1 is 1.18 bits per heavy atom. The molecule has 4 heterocycles. The molecule has 2 saturated heterocycles. The third kappa shape index (κ3) is 4.64. The van der Waals surface area contributed by atoms with Gasteiger partial charge in [0.15, 0.2) is 18.2 Å². The monoisotopic (exact) mass is 475 g/mol. The summed E-state index contributed by atoms with van der Waals surface area (Å²) < 4.78 is 46.0. The molecule has 184 valence electrons. The molecule has 34 heavy (non-hydrogen) atoms. The molecular weight excluding hydrogens is 444 g/mol. The van der Waals surface area contributed by atoms with E-state index in [1.54, 1.807) is 4.90 Å². The van der Waals surface area contributed by atoms with Crippen LogP contribution in [0.4, 0.5) is 8.78 Å². The first-order chi connectivity index (χ1) is 16.5. The number of halogens is 2. The second-order valence-electron chi connectivity index (χ2n) is 10.1. The van der Waals surface area contributed by atoms with Gasteiger partial charge in [-0.1, -0.05) is 0 Å². The van der Waals surface area contributed by atoms with Crippen molar-refractivity contribution in [3.63, 3.8) is 0 Å². The first-order valence-corrected chi connectivity index (χ1v) is 12.2. The van der Waals surface area contributed by atoms with E-state index in [2.05, 4.69) is 11.4 Å². The zero-order valence-corrected chi connectivity index (χ0v) is 19.2. The van der Waals surface area contributed by atoms with Gasteiger partial charge in [-0.05, 0) is 50.5 Å². The van der Waals surface area contributed by atoms with Gasteiger partial charge in [-0.2, -0.15) is 5.26 Å². The van der Waals surface area contributed by atoms with Crippen molar-refractivity contribution < 1.29 is 27.8 Å². The number of piperidine rings is 1. The lowest BCUT2D eigenvalue weighted by Crippen LogP contribution is -2.61.